The number of hydrogen-bond acceptors (Lipinski definition) is 4. The van der Waals surface area contributed by atoms with Gasteiger partial charge in [0, 0.05) is 7.11 Å². The lowest BCUT2D eigenvalue weighted by Crippen LogP contribution is -2.40. The summed E-state index contributed by atoms with van der Waals surface area (Å²) in [7, 11) is 1.52. The Bertz CT molecular complexity index is 154. The molecule has 4 heteroatoms. The van der Waals surface area contributed by atoms with Crippen LogP contribution in [0.1, 0.15) is 0 Å². The summed E-state index contributed by atoms with van der Waals surface area (Å²) in [6.45, 7) is 0.220. The highest BCUT2D eigenvalue weighted by molar-refractivity contribution is 5.07. The molecule has 2 atom stereocenters. The highest BCUT2D eigenvalue weighted by Crippen LogP contribution is 2.22. The molecule has 4 nitrogen and oxygen atoms in total. The number of nitrogens with two attached hydrogens (primary N) is 1. The predicted octanol–water partition coefficient (Wildman–Crippen LogP) is -0.765. The molecule has 0 aromatic rings. The molecular formula is C7H13NO3. The van der Waals surface area contributed by atoms with Gasteiger partial charge in [-0.15, -0.1) is 0 Å². The fourth-order valence-corrected chi connectivity index (χ4v) is 1.00. The largest absolute Gasteiger partial charge is 0.393 e. The SMILES string of the molecule is COC1(CN)C=CC(CO)O1. The standard InChI is InChI=1S/C7H13NO3/c1-10-7(5-8)3-2-6(4-9)11-7/h2-3,6,9H,4-5,8H2,1H3. The van der Waals surface area contributed by atoms with E-state index in [1.54, 1.807) is 12.2 Å². The summed E-state index contributed by atoms with van der Waals surface area (Å²) < 4.78 is 10.3. The van der Waals surface area contributed by atoms with Gasteiger partial charge in [-0.25, -0.2) is 0 Å². The Kier molecular flexibility index (Phi) is 2.62. The van der Waals surface area contributed by atoms with Crippen molar-refractivity contribution in [2.24, 2.45) is 5.73 Å². The van der Waals surface area contributed by atoms with Crippen molar-refractivity contribution in [1.82, 2.24) is 0 Å². The van der Waals surface area contributed by atoms with E-state index in [2.05, 4.69) is 0 Å². The van der Waals surface area contributed by atoms with Crippen molar-refractivity contribution in [2.45, 2.75) is 11.9 Å². The van der Waals surface area contributed by atoms with Crippen molar-refractivity contribution >= 4 is 0 Å². The molecule has 64 valence electrons. The molecule has 0 bridgehead atoms. The van der Waals surface area contributed by atoms with Gasteiger partial charge in [0.2, 0.25) is 5.79 Å². The Labute approximate surface area is 65.6 Å². The maximum atomic E-state index is 8.72. The topological polar surface area (TPSA) is 64.7 Å². The number of aliphatic hydroxyl groups excluding tert-OH is 1. The van der Waals surface area contributed by atoms with E-state index in [9.17, 15) is 0 Å². The molecule has 1 rings (SSSR count). The molecule has 0 spiro atoms. The minimum Gasteiger partial charge on any atom is -0.393 e. The summed E-state index contributed by atoms with van der Waals surface area (Å²) in [5, 5.41) is 8.72. The van der Waals surface area contributed by atoms with Crippen molar-refractivity contribution in [1.29, 1.82) is 0 Å². The lowest BCUT2D eigenvalue weighted by Gasteiger charge is -2.24. The quantitative estimate of drug-likeness (QED) is 0.531. The van der Waals surface area contributed by atoms with E-state index < -0.39 is 5.79 Å². The lowest BCUT2D eigenvalue weighted by atomic mass is 10.3. The van der Waals surface area contributed by atoms with Crippen LogP contribution >= 0.6 is 0 Å². The van der Waals surface area contributed by atoms with Crippen molar-refractivity contribution in [3.63, 3.8) is 0 Å². The number of ether oxygens (including phenoxy) is 2. The maximum absolute atomic E-state index is 8.72. The highest BCUT2D eigenvalue weighted by Gasteiger charge is 2.33. The monoisotopic (exact) mass is 159 g/mol. The van der Waals surface area contributed by atoms with Crippen LogP contribution in [-0.2, 0) is 9.47 Å². The van der Waals surface area contributed by atoms with Gasteiger partial charge in [0.05, 0.1) is 13.2 Å². The molecule has 0 aromatic carbocycles. The van der Waals surface area contributed by atoms with Crippen LogP contribution in [0, 0.1) is 0 Å². The second kappa shape index (κ2) is 3.32. The summed E-state index contributed by atoms with van der Waals surface area (Å²) in [5.74, 6) is -0.812. The van der Waals surface area contributed by atoms with Gasteiger partial charge in [0.15, 0.2) is 0 Å². The molecule has 0 aliphatic carbocycles. The van der Waals surface area contributed by atoms with Gasteiger partial charge in [0.1, 0.15) is 6.10 Å². The number of rotatable bonds is 3. The molecular weight excluding hydrogens is 146 g/mol. The fraction of sp³-hybridized carbons (Fsp3) is 0.714. The van der Waals surface area contributed by atoms with Crippen LogP contribution in [0.2, 0.25) is 0 Å². The van der Waals surface area contributed by atoms with Crippen LogP contribution in [0.3, 0.4) is 0 Å². The molecule has 2 unspecified atom stereocenters. The Morgan fingerprint density at radius 3 is 2.82 bits per heavy atom. The molecule has 1 aliphatic heterocycles. The van der Waals surface area contributed by atoms with Crippen LogP contribution in [0.15, 0.2) is 12.2 Å². The third-order valence-corrected chi connectivity index (χ3v) is 1.73. The summed E-state index contributed by atoms with van der Waals surface area (Å²) >= 11 is 0. The minimum absolute atomic E-state index is 0.0401. The zero-order valence-electron chi connectivity index (χ0n) is 6.49. The first kappa shape index (κ1) is 8.67. The molecule has 1 heterocycles. The highest BCUT2D eigenvalue weighted by atomic mass is 16.7. The van der Waals surface area contributed by atoms with Gasteiger partial charge in [0.25, 0.3) is 0 Å². The summed E-state index contributed by atoms with van der Waals surface area (Å²) in [4.78, 5) is 0. The Hall–Kier alpha value is -0.420. The molecule has 0 amide bonds. The average Bonchev–Trinajstić information content (AvgIpc) is 2.49. The third-order valence-electron chi connectivity index (χ3n) is 1.73. The Balaban J connectivity index is 2.57. The summed E-state index contributed by atoms with van der Waals surface area (Å²) in [5.41, 5.74) is 5.41. The molecule has 0 saturated heterocycles. The Morgan fingerprint density at radius 1 is 1.82 bits per heavy atom. The van der Waals surface area contributed by atoms with Gasteiger partial charge in [-0.1, -0.05) is 6.08 Å². The second-order valence-electron chi connectivity index (χ2n) is 2.42. The van der Waals surface area contributed by atoms with Crippen molar-refractivity contribution in [3.05, 3.63) is 12.2 Å². The summed E-state index contributed by atoms with van der Waals surface area (Å²) in [6, 6.07) is 0. The first-order valence-corrected chi connectivity index (χ1v) is 3.49. The van der Waals surface area contributed by atoms with E-state index in [0.29, 0.717) is 0 Å². The van der Waals surface area contributed by atoms with Crippen molar-refractivity contribution < 1.29 is 14.6 Å². The molecule has 1 aliphatic rings. The molecule has 0 saturated carbocycles. The Morgan fingerprint density at radius 2 is 2.55 bits per heavy atom. The second-order valence-corrected chi connectivity index (χ2v) is 2.42. The van der Waals surface area contributed by atoms with Crippen LogP contribution in [0.25, 0.3) is 0 Å². The zero-order valence-corrected chi connectivity index (χ0v) is 6.49. The van der Waals surface area contributed by atoms with E-state index in [1.807, 2.05) is 0 Å². The normalized spacial score (nSPS) is 36.5. The number of methoxy groups -OCH3 is 1. The average molecular weight is 159 g/mol. The van der Waals surface area contributed by atoms with E-state index in [-0.39, 0.29) is 19.3 Å². The van der Waals surface area contributed by atoms with Gasteiger partial charge in [-0.2, -0.15) is 0 Å². The molecule has 11 heavy (non-hydrogen) atoms. The molecule has 0 radical (unpaired) electrons. The maximum Gasteiger partial charge on any atom is 0.200 e. The van der Waals surface area contributed by atoms with Gasteiger partial charge >= 0.3 is 0 Å². The van der Waals surface area contributed by atoms with E-state index in [1.165, 1.54) is 7.11 Å². The van der Waals surface area contributed by atoms with Crippen LogP contribution in [-0.4, -0.2) is 37.3 Å². The van der Waals surface area contributed by atoms with Crippen LogP contribution in [0.5, 0.6) is 0 Å². The fourth-order valence-electron chi connectivity index (χ4n) is 1.00. The smallest absolute Gasteiger partial charge is 0.200 e. The first-order chi connectivity index (χ1) is 5.26. The van der Waals surface area contributed by atoms with Gasteiger partial charge in [-0.05, 0) is 6.08 Å². The van der Waals surface area contributed by atoms with Gasteiger partial charge in [-0.3, -0.25) is 0 Å². The molecule has 0 fully saturated rings. The van der Waals surface area contributed by atoms with Crippen LogP contribution < -0.4 is 5.73 Å². The van der Waals surface area contributed by atoms with Crippen molar-refractivity contribution in [2.75, 3.05) is 20.3 Å². The zero-order chi connectivity index (χ0) is 8.32. The third kappa shape index (κ3) is 1.59. The van der Waals surface area contributed by atoms with Crippen LogP contribution in [0.4, 0.5) is 0 Å². The van der Waals surface area contributed by atoms with E-state index in [0.717, 1.165) is 0 Å². The van der Waals surface area contributed by atoms with E-state index >= 15 is 0 Å². The van der Waals surface area contributed by atoms with Gasteiger partial charge < -0.3 is 20.3 Å². The number of aliphatic hydroxyl groups is 1. The lowest BCUT2D eigenvalue weighted by molar-refractivity contribution is -0.190. The minimum atomic E-state index is -0.812. The molecule has 0 aromatic heterocycles. The van der Waals surface area contributed by atoms with Crippen molar-refractivity contribution in [3.8, 4) is 0 Å². The number of hydrogen-bond donors (Lipinski definition) is 2. The first-order valence-electron chi connectivity index (χ1n) is 3.49. The molecule has 3 N–H and O–H groups in total. The van der Waals surface area contributed by atoms with E-state index in [4.69, 9.17) is 20.3 Å². The summed E-state index contributed by atoms with van der Waals surface area (Å²) in [6.07, 6.45) is 3.20. The predicted molar refractivity (Wildman–Crippen MR) is 39.9 cm³/mol.